The van der Waals surface area contributed by atoms with Crippen LogP contribution in [0.15, 0.2) is 71.9 Å². The number of amides is 1. The summed E-state index contributed by atoms with van der Waals surface area (Å²) >= 11 is 0. The highest BCUT2D eigenvalue weighted by atomic mass is 16.5. The molecule has 2 aromatic heterocycles. The second kappa shape index (κ2) is 12.3. The minimum atomic E-state index is -0.250. The molecule has 1 fully saturated rings. The Bertz CT molecular complexity index is 1550. The van der Waals surface area contributed by atoms with Crippen LogP contribution in [0, 0.1) is 0 Å². The SMILES string of the molecule is CN(C)CCCN(C)c1ccc2ncn(-c3cccc(NC(=O)c4ccnc(N5CCOCC5)c4)c3)c(=O)c2c1. The van der Waals surface area contributed by atoms with Crippen LogP contribution in [-0.2, 0) is 4.74 Å². The van der Waals surface area contributed by atoms with E-state index in [1.807, 2.05) is 37.4 Å². The molecule has 0 radical (unpaired) electrons. The third kappa shape index (κ3) is 6.30. The maximum atomic E-state index is 13.5. The van der Waals surface area contributed by atoms with Crippen LogP contribution in [0.1, 0.15) is 16.8 Å². The van der Waals surface area contributed by atoms with E-state index in [0.29, 0.717) is 41.1 Å². The molecular formula is C30H35N7O3. The van der Waals surface area contributed by atoms with Crippen LogP contribution in [0.25, 0.3) is 16.6 Å². The van der Waals surface area contributed by atoms with Crippen LogP contribution in [0.2, 0.25) is 0 Å². The summed E-state index contributed by atoms with van der Waals surface area (Å²) in [6.45, 7) is 4.64. The molecule has 10 heteroatoms. The Labute approximate surface area is 233 Å². The van der Waals surface area contributed by atoms with Gasteiger partial charge in [0, 0.05) is 49.8 Å². The summed E-state index contributed by atoms with van der Waals surface area (Å²) in [5.74, 6) is 0.501. The summed E-state index contributed by atoms with van der Waals surface area (Å²) in [7, 11) is 6.16. The lowest BCUT2D eigenvalue weighted by molar-refractivity contribution is 0.102. The van der Waals surface area contributed by atoms with Crippen molar-refractivity contribution >= 4 is 34.0 Å². The van der Waals surface area contributed by atoms with Crippen molar-refractivity contribution in [2.24, 2.45) is 0 Å². The Kier molecular flexibility index (Phi) is 8.37. The standard InChI is InChI=1S/C30H35N7O3/c1-34(2)12-5-13-35(3)24-8-9-27-26(20-24)30(39)37(21-32-27)25-7-4-6-23(19-25)33-29(38)22-10-11-31-28(18-22)36-14-16-40-17-15-36/h4,6-11,18-21H,5,12-17H2,1-3H3,(H,33,38). The second-order valence-electron chi connectivity index (χ2n) is 10.2. The summed E-state index contributed by atoms with van der Waals surface area (Å²) in [6, 6.07) is 16.5. The van der Waals surface area contributed by atoms with Gasteiger partial charge >= 0.3 is 0 Å². The smallest absolute Gasteiger partial charge is 0.265 e. The number of hydrogen-bond acceptors (Lipinski definition) is 8. The van der Waals surface area contributed by atoms with Gasteiger partial charge in [-0.05, 0) is 75.6 Å². The van der Waals surface area contributed by atoms with E-state index in [9.17, 15) is 9.59 Å². The molecule has 1 N–H and O–H groups in total. The molecule has 5 rings (SSSR count). The van der Waals surface area contributed by atoms with Crippen molar-refractivity contribution in [3.8, 4) is 5.69 Å². The predicted molar refractivity (Wildman–Crippen MR) is 159 cm³/mol. The molecule has 0 aliphatic carbocycles. The van der Waals surface area contributed by atoms with Crippen molar-refractivity contribution in [3.63, 3.8) is 0 Å². The number of benzene rings is 2. The predicted octanol–water partition coefficient (Wildman–Crippen LogP) is 3.26. The van der Waals surface area contributed by atoms with Crippen LogP contribution in [0.5, 0.6) is 0 Å². The average molecular weight is 542 g/mol. The van der Waals surface area contributed by atoms with Crippen LogP contribution in [0.4, 0.5) is 17.2 Å². The number of carbonyl (C=O) groups is 1. The fraction of sp³-hybridized carbons (Fsp3) is 0.333. The number of anilines is 3. The van der Waals surface area contributed by atoms with Gasteiger partial charge in [-0.15, -0.1) is 0 Å². The van der Waals surface area contributed by atoms with Gasteiger partial charge in [-0.2, -0.15) is 0 Å². The molecule has 2 aromatic carbocycles. The molecule has 10 nitrogen and oxygen atoms in total. The van der Waals surface area contributed by atoms with Crippen LogP contribution in [-0.4, -0.2) is 85.9 Å². The third-order valence-corrected chi connectivity index (χ3v) is 7.01. The minimum Gasteiger partial charge on any atom is -0.378 e. The van der Waals surface area contributed by atoms with E-state index in [1.165, 1.54) is 10.9 Å². The number of rotatable bonds is 9. The van der Waals surface area contributed by atoms with Crippen molar-refractivity contribution in [1.29, 1.82) is 0 Å². The highest BCUT2D eigenvalue weighted by Gasteiger charge is 2.15. The fourth-order valence-electron chi connectivity index (χ4n) is 4.75. The van der Waals surface area contributed by atoms with Gasteiger partial charge in [0.25, 0.3) is 11.5 Å². The van der Waals surface area contributed by atoms with E-state index in [2.05, 4.69) is 44.1 Å². The number of hydrogen-bond donors (Lipinski definition) is 1. The zero-order valence-corrected chi connectivity index (χ0v) is 23.2. The molecule has 0 bridgehead atoms. The van der Waals surface area contributed by atoms with Crippen molar-refractivity contribution in [1.82, 2.24) is 19.4 Å². The highest BCUT2D eigenvalue weighted by Crippen LogP contribution is 2.21. The maximum Gasteiger partial charge on any atom is 0.265 e. The van der Waals surface area contributed by atoms with E-state index in [1.54, 1.807) is 30.5 Å². The van der Waals surface area contributed by atoms with E-state index in [0.717, 1.165) is 44.1 Å². The Morgan fingerprint density at radius 1 is 1.00 bits per heavy atom. The molecule has 0 spiro atoms. The van der Waals surface area contributed by atoms with Crippen LogP contribution >= 0.6 is 0 Å². The first-order valence-corrected chi connectivity index (χ1v) is 13.5. The second-order valence-corrected chi connectivity index (χ2v) is 10.2. The average Bonchev–Trinajstić information content (AvgIpc) is 2.97. The molecule has 0 saturated carbocycles. The monoisotopic (exact) mass is 541 g/mol. The summed E-state index contributed by atoms with van der Waals surface area (Å²) in [4.78, 5) is 42.0. The molecule has 1 saturated heterocycles. The number of pyridine rings is 1. The Balaban J connectivity index is 1.35. The molecule has 4 aromatic rings. The fourth-order valence-corrected chi connectivity index (χ4v) is 4.75. The quantitative estimate of drug-likeness (QED) is 0.345. The number of fused-ring (bicyclic) bond motifs is 1. The maximum absolute atomic E-state index is 13.5. The molecule has 1 aliphatic heterocycles. The van der Waals surface area contributed by atoms with E-state index >= 15 is 0 Å². The zero-order valence-electron chi connectivity index (χ0n) is 23.2. The molecule has 208 valence electrons. The minimum absolute atomic E-state index is 0.165. The molecule has 1 amide bonds. The molecule has 1 aliphatic rings. The summed E-state index contributed by atoms with van der Waals surface area (Å²) in [5, 5.41) is 3.49. The Morgan fingerprint density at radius 3 is 2.62 bits per heavy atom. The number of ether oxygens (including phenoxy) is 1. The summed E-state index contributed by atoms with van der Waals surface area (Å²) < 4.78 is 6.92. The first-order valence-electron chi connectivity index (χ1n) is 13.5. The first kappa shape index (κ1) is 27.3. The molecule has 0 atom stereocenters. The number of morpholine rings is 1. The van der Waals surface area contributed by atoms with Crippen molar-refractivity contribution < 1.29 is 9.53 Å². The molecular weight excluding hydrogens is 506 g/mol. The zero-order chi connectivity index (χ0) is 28.1. The molecule has 40 heavy (non-hydrogen) atoms. The number of carbonyl (C=O) groups excluding carboxylic acids is 1. The lowest BCUT2D eigenvalue weighted by Crippen LogP contribution is -2.36. The summed E-state index contributed by atoms with van der Waals surface area (Å²) in [6.07, 6.45) is 4.19. The van der Waals surface area contributed by atoms with Gasteiger partial charge in [-0.1, -0.05) is 6.07 Å². The van der Waals surface area contributed by atoms with Crippen molar-refractivity contribution in [2.45, 2.75) is 6.42 Å². The number of nitrogens with zero attached hydrogens (tertiary/aromatic N) is 6. The van der Waals surface area contributed by atoms with Gasteiger partial charge < -0.3 is 24.8 Å². The normalized spacial score (nSPS) is 13.6. The van der Waals surface area contributed by atoms with Gasteiger partial charge in [-0.25, -0.2) is 9.97 Å². The van der Waals surface area contributed by atoms with E-state index in [-0.39, 0.29) is 11.5 Å². The number of nitrogens with one attached hydrogen (secondary N) is 1. The van der Waals surface area contributed by atoms with Gasteiger partial charge in [0.2, 0.25) is 0 Å². The lowest BCUT2D eigenvalue weighted by Gasteiger charge is -2.27. The Hall–Kier alpha value is -4.28. The van der Waals surface area contributed by atoms with Crippen LogP contribution < -0.4 is 20.7 Å². The van der Waals surface area contributed by atoms with Gasteiger partial charge in [-0.3, -0.25) is 14.2 Å². The van der Waals surface area contributed by atoms with E-state index < -0.39 is 0 Å². The first-order chi connectivity index (χ1) is 19.4. The van der Waals surface area contributed by atoms with E-state index in [4.69, 9.17) is 4.74 Å². The lowest BCUT2D eigenvalue weighted by atomic mass is 10.2. The van der Waals surface area contributed by atoms with Crippen molar-refractivity contribution in [2.75, 3.05) is 75.7 Å². The Morgan fingerprint density at radius 2 is 1.82 bits per heavy atom. The van der Waals surface area contributed by atoms with Crippen molar-refractivity contribution in [3.05, 3.63) is 83.0 Å². The topological polar surface area (TPSA) is 95.8 Å². The number of aromatic nitrogens is 3. The summed E-state index contributed by atoms with van der Waals surface area (Å²) in [5.41, 5.74) is 3.15. The van der Waals surface area contributed by atoms with Gasteiger partial charge in [0.1, 0.15) is 12.1 Å². The van der Waals surface area contributed by atoms with Crippen LogP contribution in [0.3, 0.4) is 0 Å². The largest absolute Gasteiger partial charge is 0.378 e. The third-order valence-electron chi connectivity index (χ3n) is 7.01. The van der Waals surface area contributed by atoms with Gasteiger partial charge in [0.15, 0.2) is 0 Å². The molecule has 0 unspecified atom stereocenters. The van der Waals surface area contributed by atoms with Gasteiger partial charge in [0.05, 0.1) is 29.8 Å². The highest BCUT2D eigenvalue weighted by molar-refractivity contribution is 6.04. The molecule has 3 heterocycles.